The molecule has 0 heterocycles. The third-order valence-electron chi connectivity index (χ3n) is 3.96. The van der Waals surface area contributed by atoms with E-state index in [4.69, 9.17) is 0 Å². The van der Waals surface area contributed by atoms with Crippen molar-refractivity contribution in [3.63, 3.8) is 0 Å². The summed E-state index contributed by atoms with van der Waals surface area (Å²) in [6, 6.07) is 14.4. The number of phenolic OH excluding ortho intramolecular Hbond substituents is 1. The number of sulfonamides is 1. The van der Waals surface area contributed by atoms with Crippen LogP contribution in [0.5, 0.6) is 5.75 Å². The molecule has 0 aliphatic carbocycles. The zero-order chi connectivity index (χ0) is 19.4. The lowest BCUT2D eigenvalue weighted by Gasteiger charge is -2.28. The standard InChI is InChI=1S/C19H26N2O4S/c1-19(2,12-14-7-5-4-6-8-14)20-13-18(23)15-9-10-17(22)16(11-15)21-26(3,24)25/h4-11,18,20-23H,12-13H2,1-3H3/t18-/m1/s1. The molecule has 6 nitrogen and oxygen atoms in total. The van der Waals surface area contributed by atoms with E-state index in [1.807, 2.05) is 18.2 Å². The van der Waals surface area contributed by atoms with Crippen molar-refractivity contribution >= 4 is 15.7 Å². The maximum Gasteiger partial charge on any atom is 0.229 e. The van der Waals surface area contributed by atoms with Crippen molar-refractivity contribution in [3.05, 3.63) is 59.7 Å². The molecule has 142 valence electrons. The molecule has 2 rings (SSSR count). The summed E-state index contributed by atoms with van der Waals surface area (Å²) in [6.45, 7) is 4.41. The number of aromatic hydroxyl groups is 1. The molecule has 1 atom stereocenters. The Morgan fingerprint density at radius 3 is 2.38 bits per heavy atom. The summed E-state index contributed by atoms with van der Waals surface area (Å²) in [6.07, 6.45) is 0.964. The Bertz CT molecular complexity index is 836. The molecule has 2 aromatic carbocycles. The lowest BCUT2D eigenvalue weighted by molar-refractivity contribution is 0.160. The first-order valence-corrected chi connectivity index (χ1v) is 10.2. The molecule has 0 aliphatic heterocycles. The molecule has 2 aromatic rings. The van der Waals surface area contributed by atoms with Gasteiger partial charge in [-0.25, -0.2) is 8.42 Å². The molecule has 0 saturated carbocycles. The predicted molar refractivity (Wildman–Crippen MR) is 104 cm³/mol. The summed E-state index contributed by atoms with van der Waals surface area (Å²) in [7, 11) is -3.52. The van der Waals surface area contributed by atoms with Crippen molar-refractivity contribution in [1.82, 2.24) is 5.32 Å². The van der Waals surface area contributed by atoms with E-state index in [1.54, 1.807) is 6.07 Å². The average molecular weight is 378 g/mol. The van der Waals surface area contributed by atoms with E-state index in [2.05, 4.69) is 36.0 Å². The molecule has 0 fully saturated rings. The minimum atomic E-state index is -3.52. The number of anilines is 1. The number of hydrogen-bond donors (Lipinski definition) is 4. The lowest BCUT2D eigenvalue weighted by Crippen LogP contribution is -2.43. The van der Waals surface area contributed by atoms with Crippen molar-refractivity contribution in [2.45, 2.75) is 31.9 Å². The highest BCUT2D eigenvalue weighted by molar-refractivity contribution is 7.92. The van der Waals surface area contributed by atoms with Crippen molar-refractivity contribution in [2.24, 2.45) is 0 Å². The Morgan fingerprint density at radius 2 is 1.77 bits per heavy atom. The molecule has 26 heavy (non-hydrogen) atoms. The molecular weight excluding hydrogens is 352 g/mol. The predicted octanol–water partition coefficient (Wildman–Crippen LogP) is 2.41. The normalized spacial score (nSPS) is 13.4. The minimum Gasteiger partial charge on any atom is -0.506 e. The van der Waals surface area contributed by atoms with Gasteiger partial charge in [0.1, 0.15) is 5.75 Å². The molecular formula is C19H26N2O4S. The fourth-order valence-corrected chi connectivity index (χ4v) is 3.26. The topological polar surface area (TPSA) is 98.7 Å². The quantitative estimate of drug-likeness (QED) is 0.529. The maximum atomic E-state index is 11.4. The Balaban J connectivity index is 2.03. The third kappa shape index (κ3) is 6.33. The largest absolute Gasteiger partial charge is 0.506 e. The van der Waals surface area contributed by atoms with Crippen molar-refractivity contribution in [1.29, 1.82) is 0 Å². The molecule has 4 N–H and O–H groups in total. The van der Waals surface area contributed by atoms with Gasteiger partial charge in [-0.2, -0.15) is 0 Å². The number of nitrogens with one attached hydrogen (secondary N) is 2. The van der Waals surface area contributed by atoms with Gasteiger partial charge in [0.25, 0.3) is 0 Å². The van der Waals surface area contributed by atoms with E-state index in [0.29, 0.717) is 12.1 Å². The van der Waals surface area contributed by atoms with Crippen LogP contribution in [0.3, 0.4) is 0 Å². The zero-order valence-corrected chi connectivity index (χ0v) is 16.0. The fourth-order valence-electron chi connectivity index (χ4n) is 2.70. The first-order valence-electron chi connectivity index (χ1n) is 8.33. The van der Waals surface area contributed by atoms with Crippen LogP contribution in [0.1, 0.15) is 31.1 Å². The van der Waals surface area contributed by atoms with E-state index in [9.17, 15) is 18.6 Å². The van der Waals surface area contributed by atoms with Crippen LogP contribution in [0.4, 0.5) is 5.69 Å². The van der Waals surface area contributed by atoms with E-state index in [0.717, 1.165) is 12.7 Å². The second-order valence-corrected chi connectivity index (χ2v) is 8.84. The van der Waals surface area contributed by atoms with Crippen LogP contribution in [0.2, 0.25) is 0 Å². The molecule has 0 spiro atoms. The summed E-state index contributed by atoms with van der Waals surface area (Å²) in [5.41, 5.74) is 1.53. The second-order valence-electron chi connectivity index (χ2n) is 7.09. The molecule has 0 aromatic heterocycles. The Kier molecular flexibility index (Phi) is 6.28. The average Bonchev–Trinajstić information content (AvgIpc) is 2.54. The van der Waals surface area contributed by atoms with Crippen LogP contribution in [-0.2, 0) is 16.4 Å². The van der Waals surface area contributed by atoms with Gasteiger partial charge in [-0.1, -0.05) is 36.4 Å². The summed E-state index contributed by atoms with van der Waals surface area (Å²) in [4.78, 5) is 0. The summed E-state index contributed by atoms with van der Waals surface area (Å²) in [5.74, 6) is -0.191. The summed E-state index contributed by atoms with van der Waals surface area (Å²) >= 11 is 0. The number of hydrogen-bond acceptors (Lipinski definition) is 5. The smallest absolute Gasteiger partial charge is 0.229 e. The zero-order valence-electron chi connectivity index (χ0n) is 15.2. The third-order valence-corrected chi connectivity index (χ3v) is 4.55. The van der Waals surface area contributed by atoms with Gasteiger partial charge >= 0.3 is 0 Å². The molecule has 0 unspecified atom stereocenters. The van der Waals surface area contributed by atoms with Crippen molar-refractivity contribution < 1.29 is 18.6 Å². The van der Waals surface area contributed by atoms with Gasteiger partial charge in [0.05, 0.1) is 18.0 Å². The van der Waals surface area contributed by atoms with Crippen LogP contribution < -0.4 is 10.0 Å². The molecule has 7 heteroatoms. The van der Waals surface area contributed by atoms with Crippen molar-refractivity contribution in [2.75, 3.05) is 17.5 Å². The molecule has 0 aliphatic rings. The lowest BCUT2D eigenvalue weighted by atomic mass is 9.94. The van der Waals surface area contributed by atoms with Gasteiger partial charge < -0.3 is 15.5 Å². The summed E-state index contributed by atoms with van der Waals surface area (Å²) in [5, 5.41) is 23.6. The van der Waals surface area contributed by atoms with Gasteiger partial charge in [-0.05, 0) is 43.5 Å². The number of rotatable bonds is 8. The molecule has 0 saturated heterocycles. The number of aliphatic hydroxyl groups excluding tert-OH is 1. The van der Waals surface area contributed by atoms with Gasteiger partial charge in [0, 0.05) is 12.1 Å². The summed E-state index contributed by atoms with van der Waals surface area (Å²) < 4.78 is 25.0. The van der Waals surface area contributed by atoms with E-state index in [-0.39, 0.29) is 17.0 Å². The van der Waals surface area contributed by atoms with Crippen LogP contribution in [0.25, 0.3) is 0 Å². The number of benzene rings is 2. The highest BCUT2D eigenvalue weighted by Crippen LogP contribution is 2.28. The fraction of sp³-hybridized carbons (Fsp3) is 0.368. The van der Waals surface area contributed by atoms with Crippen molar-refractivity contribution in [3.8, 4) is 5.75 Å². The number of phenols is 1. The van der Waals surface area contributed by atoms with Gasteiger partial charge in [0.2, 0.25) is 10.0 Å². The van der Waals surface area contributed by atoms with Crippen LogP contribution in [0, 0.1) is 0 Å². The van der Waals surface area contributed by atoms with E-state index < -0.39 is 16.1 Å². The highest BCUT2D eigenvalue weighted by atomic mass is 32.2. The Labute approximate surface area is 154 Å². The SMILES string of the molecule is CC(C)(Cc1ccccc1)NC[C@@H](O)c1ccc(O)c(NS(C)(=O)=O)c1. The minimum absolute atomic E-state index is 0.0487. The first kappa shape index (κ1) is 20.2. The molecule has 0 amide bonds. The van der Waals surface area contributed by atoms with Gasteiger partial charge in [0.15, 0.2) is 0 Å². The number of aliphatic hydroxyl groups is 1. The van der Waals surface area contributed by atoms with Gasteiger partial charge in [-0.3, -0.25) is 4.72 Å². The van der Waals surface area contributed by atoms with E-state index >= 15 is 0 Å². The maximum absolute atomic E-state index is 11.4. The first-order chi connectivity index (χ1) is 12.1. The van der Waals surface area contributed by atoms with Crippen LogP contribution >= 0.6 is 0 Å². The Hall–Kier alpha value is -2.09. The van der Waals surface area contributed by atoms with Crippen LogP contribution in [-0.4, -0.2) is 37.0 Å². The Morgan fingerprint density at radius 1 is 1.12 bits per heavy atom. The monoisotopic (exact) mass is 378 g/mol. The van der Waals surface area contributed by atoms with Gasteiger partial charge in [-0.15, -0.1) is 0 Å². The second kappa shape index (κ2) is 8.07. The van der Waals surface area contributed by atoms with E-state index in [1.165, 1.54) is 17.7 Å². The molecule has 0 bridgehead atoms. The molecule has 0 radical (unpaired) electrons. The number of β-amino-alcohol motifs (C(OH)–C–C–N with tert-alkyl or cyclic N) is 1. The highest BCUT2D eigenvalue weighted by Gasteiger charge is 2.20. The van der Waals surface area contributed by atoms with Crippen LogP contribution in [0.15, 0.2) is 48.5 Å².